The third-order valence-electron chi connectivity index (χ3n) is 2.85. The standard InChI is InChI=1S/C15H24N2/c1-11(2)13-8-6-12(7-9-13)10-17-14(16)15(3,4)5/h6-9,11H,10H2,1-5H3,(H2,16,17). The van der Waals surface area contributed by atoms with Crippen LogP contribution in [0.1, 0.15) is 51.7 Å². The summed E-state index contributed by atoms with van der Waals surface area (Å²) in [5.41, 5.74) is 8.46. The monoisotopic (exact) mass is 232 g/mol. The van der Waals surface area contributed by atoms with E-state index in [0.29, 0.717) is 18.3 Å². The van der Waals surface area contributed by atoms with Crippen molar-refractivity contribution < 1.29 is 0 Å². The minimum absolute atomic E-state index is 0.0438. The van der Waals surface area contributed by atoms with Crippen LogP contribution in [0, 0.1) is 5.41 Å². The molecule has 0 radical (unpaired) electrons. The van der Waals surface area contributed by atoms with Crippen LogP contribution in [-0.4, -0.2) is 5.84 Å². The first-order chi connectivity index (χ1) is 7.80. The summed E-state index contributed by atoms with van der Waals surface area (Å²) < 4.78 is 0. The first kappa shape index (κ1) is 13.8. The first-order valence-corrected chi connectivity index (χ1v) is 6.20. The van der Waals surface area contributed by atoms with Gasteiger partial charge < -0.3 is 5.73 Å². The molecule has 1 rings (SSSR count). The van der Waals surface area contributed by atoms with Crippen LogP contribution in [0.15, 0.2) is 29.3 Å². The smallest absolute Gasteiger partial charge is 0.0995 e. The van der Waals surface area contributed by atoms with Gasteiger partial charge in [-0.15, -0.1) is 0 Å². The molecule has 1 aromatic carbocycles. The molecule has 0 unspecified atom stereocenters. The van der Waals surface area contributed by atoms with E-state index < -0.39 is 0 Å². The van der Waals surface area contributed by atoms with Crippen molar-refractivity contribution in [3.63, 3.8) is 0 Å². The molecular weight excluding hydrogens is 208 g/mol. The van der Waals surface area contributed by atoms with Gasteiger partial charge in [-0.25, -0.2) is 0 Å². The van der Waals surface area contributed by atoms with E-state index in [1.165, 1.54) is 11.1 Å². The summed E-state index contributed by atoms with van der Waals surface area (Å²) in [6, 6.07) is 8.61. The second-order valence-corrected chi connectivity index (χ2v) is 5.85. The van der Waals surface area contributed by atoms with Gasteiger partial charge in [-0.1, -0.05) is 58.9 Å². The Labute approximate surface area is 105 Å². The molecule has 0 atom stereocenters. The molecule has 0 bridgehead atoms. The van der Waals surface area contributed by atoms with E-state index in [2.05, 4.69) is 63.9 Å². The van der Waals surface area contributed by atoms with Gasteiger partial charge in [0.05, 0.1) is 12.4 Å². The van der Waals surface area contributed by atoms with E-state index >= 15 is 0 Å². The SMILES string of the molecule is CC(C)c1ccc(CN=C(N)C(C)(C)C)cc1. The second kappa shape index (κ2) is 5.35. The van der Waals surface area contributed by atoms with E-state index in [4.69, 9.17) is 5.73 Å². The van der Waals surface area contributed by atoms with Gasteiger partial charge in [0.15, 0.2) is 0 Å². The van der Waals surface area contributed by atoms with Gasteiger partial charge in [0.1, 0.15) is 0 Å². The summed E-state index contributed by atoms with van der Waals surface area (Å²) in [6.45, 7) is 11.3. The number of nitrogens with zero attached hydrogens (tertiary/aromatic N) is 1. The molecule has 1 aromatic rings. The predicted molar refractivity (Wildman–Crippen MR) is 75.3 cm³/mol. The first-order valence-electron chi connectivity index (χ1n) is 6.20. The molecule has 0 amide bonds. The Bertz CT molecular complexity index is 380. The maximum atomic E-state index is 5.93. The van der Waals surface area contributed by atoms with Gasteiger partial charge in [0.25, 0.3) is 0 Å². The molecule has 2 heteroatoms. The minimum atomic E-state index is -0.0438. The van der Waals surface area contributed by atoms with Crippen molar-refractivity contribution in [3.8, 4) is 0 Å². The number of amidine groups is 1. The molecule has 17 heavy (non-hydrogen) atoms. The van der Waals surface area contributed by atoms with Crippen molar-refractivity contribution in [2.75, 3.05) is 0 Å². The number of hydrogen-bond donors (Lipinski definition) is 1. The highest BCUT2D eigenvalue weighted by atomic mass is 14.9. The van der Waals surface area contributed by atoms with E-state index in [1.807, 2.05) is 0 Å². The third-order valence-corrected chi connectivity index (χ3v) is 2.85. The van der Waals surface area contributed by atoms with Crippen LogP contribution in [0.5, 0.6) is 0 Å². The van der Waals surface area contributed by atoms with E-state index in [1.54, 1.807) is 0 Å². The lowest BCUT2D eigenvalue weighted by Gasteiger charge is -2.17. The molecule has 0 fully saturated rings. The molecule has 0 aromatic heterocycles. The maximum Gasteiger partial charge on any atom is 0.0995 e. The Morgan fingerprint density at radius 3 is 2.12 bits per heavy atom. The minimum Gasteiger partial charge on any atom is -0.387 e. The van der Waals surface area contributed by atoms with Gasteiger partial charge in [0, 0.05) is 5.41 Å². The fourth-order valence-corrected chi connectivity index (χ4v) is 1.42. The van der Waals surface area contributed by atoms with Gasteiger partial charge in [-0.3, -0.25) is 4.99 Å². The van der Waals surface area contributed by atoms with Gasteiger partial charge in [0.2, 0.25) is 0 Å². The molecule has 2 nitrogen and oxygen atoms in total. The molecule has 0 spiro atoms. The fraction of sp³-hybridized carbons (Fsp3) is 0.533. The molecule has 0 aliphatic carbocycles. The average Bonchev–Trinajstić information content (AvgIpc) is 2.25. The predicted octanol–water partition coefficient (Wildman–Crippen LogP) is 3.71. The van der Waals surface area contributed by atoms with E-state index in [-0.39, 0.29) is 5.41 Å². The zero-order valence-corrected chi connectivity index (χ0v) is 11.6. The van der Waals surface area contributed by atoms with Crippen molar-refractivity contribution >= 4 is 5.84 Å². The van der Waals surface area contributed by atoms with Crippen molar-refractivity contribution in [2.24, 2.45) is 16.1 Å². The number of rotatable bonds is 3. The Morgan fingerprint density at radius 1 is 1.18 bits per heavy atom. The number of hydrogen-bond acceptors (Lipinski definition) is 1. The largest absolute Gasteiger partial charge is 0.387 e. The van der Waals surface area contributed by atoms with Crippen molar-refractivity contribution in [1.29, 1.82) is 0 Å². The van der Waals surface area contributed by atoms with Crippen molar-refractivity contribution in [3.05, 3.63) is 35.4 Å². The highest BCUT2D eigenvalue weighted by Gasteiger charge is 2.14. The van der Waals surface area contributed by atoms with Crippen molar-refractivity contribution in [2.45, 2.75) is 47.1 Å². The van der Waals surface area contributed by atoms with Crippen molar-refractivity contribution in [1.82, 2.24) is 0 Å². The third kappa shape index (κ3) is 4.22. The van der Waals surface area contributed by atoms with Gasteiger partial charge in [-0.05, 0) is 17.0 Å². The van der Waals surface area contributed by atoms with Gasteiger partial charge in [-0.2, -0.15) is 0 Å². The molecule has 2 N–H and O–H groups in total. The maximum absolute atomic E-state index is 5.93. The zero-order chi connectivity index (χ0) is 13.1. The molecule has 0 heterocycles. The van der Waals surface area contributed by atoms with E-state index in [0.717, 1.165) is 0 Å². The summed E-state index contributed by atoms with van der Waals surface area (Å²) in [5, 5.41) is 0. The summed E-state index contributed by atoms with van der Waals surface area (Å²) in [6.07, 6.45) is 0. The normalized spacial score (nSPS) is 13.2. The number of nitrogens with two attached hydrogens (primary N) is 1. The molecule has 0 aliphatic heterocycles. The van der Waals surface area contributed by atoms with Crippen LogP contribution < -0.4 is 5.73 Å². The van der Waals surface area contributed by atoms with Crippen LogP contribution in [-0.2, 0) is 6.54 Å². The molecule has 0 aliphatic rings. The summed E-state index contributed by atoms with van der Waals surface area (Å²) >= 11 is 0. The van der Waals surface area contributed by atoms with Crippen LogP contribution in [0.25, 0.3) is 0 Å². The topological polar surface area (TPSA) is 38.4 Å². The van der Waals surface area contributed by atoms with Crippen LogP contribution in [0.3, 0.4) is 0 Å². The Kier molecular flexibility index (Phi) is 4.33. The van der Waals surface area contributed by atoms with Crippen LogP contribution in [0.2, 0.25) is 0 Å². The molecule has 0 saturated carbocycles. The lowest BCUT2D eigenvalue weighted by molar-refractivity contribution is 0.581. The lowest BCUT2D eigenvalue weighted by Crippen LogP contribution is -2.28. The second-order valence-electron chi connectivity index (χ2n) is 5.85. The molecule has 94 valence electrons. The highest BCUT2D eigenvalue weighted by molar-refractivity contribution is 5.85. The summed E-state index contributed by atoms with van der Waals surface area (Å²) in [7, 11) is 0. The summed E-state index contributed by atoms with van der Waals surface area (Å²) in [5.74, 6) is 1.29. The van der Waals surface area contributed by atoms with E-state index in [9.17, 15) is 0 Å². The Balaban J connectivity index is 2.71. The number of benzene rings is 1. The Hall–Kier alpha value is -1.31. The Morgan fingerprint density at radius 2 is 1.71 bits per heavy atom. The molecular formula is C15H24N2. The van der Waals surface area contributed by atoms with Crippen LogP contribution >= 0.6 is 0 Å². The summed E-state index contributed by atoms with van der Waals surface area (Å²) in [4.78, 5) is 4.43. The fourth-order valence-electron chi connectivity index (χ4n) is 1.42. The van der Waals surface area contributed by atoms with Gasteiger partial charge >= 0.3 is 0 Å². The van der Waals surface area contributed by atoms with Crippen LogP contribution in [0.4, 0.5) is 0 Å². The number of aliphatic imine (C=N–C) groups is 1. The zero-order valence-electron chi connectivity index (χ0n) is 11.6. The highest BCUT2D eigenvalue weighted by Crippen LogP contribution is 2.16. The molecule has 0 saturated heterocycles. The quantitative estimate of drug-likeness (QED) is 0.626. The lowest BCUT2D eigenvalue weighted by atomic mass is 9.95. The average molecular weight is 232 g/mol.